The topological polar surface area (TPSA) is 42.5 Å². The molecule has 2 N–H and O–H groups in total. The molecule has 0 aromatic heterocycles. The summed E-state index contributed by atoms with van der Waals surface area (Å²) in [4.78, 5) is 2.15. The van der Waals surface area contributed by atoms with E-state index in [4.69, 9.17) is 33.3 Å². The summed E-state index contributed by atoms with van der Waals surface area (Å²) in [5.41, 5.74) is 1.69. The van der Waals surface area contributed by atoms with Crippen LogP contribution in [0, 0.1) is 0 Å². The van der Waals surface area contributed by atoms with Crippen LogP contribution < -0.4 is 20.1 Å². The Labute approximate surface area is 179 Å². The first-order valence-corrected chi connectivity index (χ1v) is 10.0. The number of hydrogen-bond donors (Lipinski definition) is 2. The van der Waals surface area contributed by atoms with Crippen LogP contribution in [0.25, 0.3) is 0 Å². The lowest BCUT2D eigenvalue weighted by Gasteiger charge is -2.15. The first kappa shape index (κ1) is 20.3. The van der Waals surface area contributed by atoms with Gasteiger partial charge in [0.05, 0.1) is 19.9 Å². The zero-order valence-electron chi connectivity index (χ0n) is 15.4. The van der Waals surface area contributed by atoms with Crippen molar-refractivity contribution in [3.05, 3.63) is 71.8 Å². The fourth-order valence-electron chi connectivity index (χ4n) is 2.45. The van der Waals surface area contributed by atoms with Crippen molar-refractivity contribution in [2.75, 3.05) is 24.9 Å². The maximum Gasteiger partial charge on any atom is 0.175 e. The molecule has 0 atom stereocenters. The summed E-state index contributed by atoms with van der Waals surface area (Å²) in [5, 5.41) is 7.62. The van der Waals surface area contributed by atoms with Crippen molar-refractivity contribution in [1.82, 2.24) is 0 Å². The smallest absolute Gasteiger partial charge is 0.175 e. The number of nitrogens with one attached hydrogen (secondary N) is 2. The molecule has 0 unspecified atom stereocenters. The van der Waals surface area contributed by atoms with Crippen LogP contribution in [-0.2, 0) is 0 Å². The zero-order valence-corrected chi connectivity index (χ0v) is 17.8. The summed E-state index contributed by atoms with van der Waals surface area (Å²) in [6.45, 7) is 0. The second-order valence-electron chi connectivity index (χ2n) is 5.73. The van der Waals surface area contributed by atoms with Crippen LogP contribution in [0.1, 0.15) is 0 Å². The molecule has 28 heavy (non-hydrogen) atoms. The summed E-state index contributed by atoms with van der Waals surface area (Å²) >= 11 is 13.1. The lowest BCUT2D eigenvalue weighted by molar-refractivity contribution is 0.395. The largest absolute Gasteiger partial charge is 0.497 e. The first-order chi connectivity index (χ1) is 13.6. The fraction of sp³-hybridized carbons (Fsp3) is 0.0952. The molecule has 3 rings (SSSR count). The summed E-state index contributed by atoms with van der Waals surface area (Å²) in [6, 6.07) is 21.2. The minimum atomic E-state index is 0.472. The van der Waals surface area contributed by atoms with Crippen molar-refractivity contribution in [2.24, 2.45) is 0 Å². The first-order valence-electron chi connectivity index (χ1n) is 8.41. The highest BCUT2D eigenvalue weighted by molar-refractivity contribution is 7.99. The van der Waals surface area contributed by atoms with Gasteiger partial charge in [-0.15, -0.1) is 0 Å². The van der Waals surface area contributed by atoms with Gasteiger partial charge in [0.15, 0.2) is 5.11 Å². The molecule has 0 saturated carbocycles. The Hall–Kier alpha value is -2.41. The molecule has 4 nitrogen and oxygen atoms in total. The molecule has 0 bridgehead atoms. The monoisotopic (exact) mass is 430 g/mol. The molecule has 3 aromatic rings. The minimum Gasteiger partial charge on any atom is -0.497 e. The van der Waals surface area contributed by atoms with Crippen LogP contribution in [0.15, 0.2) is 76.5 Å². The highest BCUT2D eigenvalue weighted by Crippen LogP contribution is 2.34. The predicted molar refractivity (Wildman–Crippen MR) is 121 cm³/mol. The third-order valence-corrected chi connectivity index (χ3v) is 5.33. The lowest BCUT2D eigenvalue weighted by atomic mass is 10.3. The second kappa shape index (κ2) is 9.68. The molecule has 144 valence electrons. The van der Waals surface area contributed by atoms with E-state index in [0.717, 1.165) is 26.2 Å². The van der Waals surface area contributed by atoms with E-state index in [9.17, 15) is 0 Å². The van der Waals surface area contributed by atoms with Crippen LogP contribution in [0.3, 0.4) is 0 Å². The average molecular weight is 431 g/mol. The molecule has 3 aromatic carbocycles. The molecule has 0 amide bonds. The SMILES string of the molecule is COc1cc(NC(=S)Nc2ccccc2Sc2ccc(Cl)cc2)cc(OC)c1. The van der Waals surface area contributed by atoms with Crippen LogP contribution in [-0.4, -0.2) is 19.3 Å². The Bertz CT molecular complexity index is 943. The molecule has 0 saturated heterocycles. The standard InChI is InChI=1S/C21H19ClN2O2S2/c1-25-16-11-15(12-17(13-16)26-2)23-21(27)24-19-5-3-4-6-20(19)28-18-9-7-14(22)8-10-18/h3-13H,1-2H3,(H2,23,24,27). The van der Waals surface area contributed by atoms with Crippen LogP contribution in [0.5, 0.6) is 11.5 Å². The Morgan fingerprint density at radius 2 is 1.54 bits per heavy atom. The third kappa shape index (κ3) is 5.55. The molecule has 7 heteroatoms. The van der Waals surface area contributed by atoms with Crippen molar-refractivity contribution < 1.29 is 9.47 Å². The molecular formula is C21H19ClN2O2S2. The van der Waals surface area contributed by atoms with E-state index in [1.54, 1.807) is 32.0 Å². The van der Waals surface area contributed by atoms with Gasteiger partial charge in [0, 0.05) is 38.7 Å². The second-order valence-corrected chi connectivity index (χ2v) is 7.69. The number of thiocarbonyl (C=S) groups is 1. The lowest BCUT2D eigenvalue weighted by Crippen LogP contribution is -2.19. The Kier molecular flexibility index (Phi) is 7.03. The van der Waals surface area contributed by atoms with Crippen molar-refractivity contribution in [3.8, 4) is 11.5 Å². The molecule has 0 heterocycles. The van der Waals surface area contributed by atoms with Crippen molar-refractivity contribution in [2.45, 2.75) is 9.79 Å². The summed E-state index contributed by atoms with van der Waals surface area (Å²) < 4.78 is 10.6. The normalized spacial score (nSPS) is 10.2. The summed E-state index contributed by atoms with van der Waals surface area (Å²) in [5.74, 6) is 1.37. The van der Waals surface area contributed by atoms with Gasteiger partial charge in [-0.1, -0.05) is 35.5 Å². The van der Waals surface area contributed by atoms with Gasteiger partial charge in [-0.3, -0.25) is 0 Å². The highest BCUT2D eigenvalue weighted by atomic mass is 35.5. The maximum atomic E-state index is 5.97. The molecule has 0 aliphatic carbocycles. The number of ether oxygens (including phenoxy) is 2. The Balaban J connectivity index is 1.73. The predicted octanol–water partition coefficient (Wildman–Crippen LogP) is 6.32. The fourth-order valence-corrected chi connectivity index (χ4v) is 3.71. The van der Waals surface area contributed by atoms with Gasteiger partial charge in [-0.25, -0.2) is 0 Å². The van der Waals surface area contributed by atoms with Crippen LogP contribution in [0.4, 0.5) is 11.4 Å². The molecular weight excluding hydrogens is 412 g/mol. The number of anilines is 2. The van der Waals surface area contributed by atoms with E-state index in [2.05, 4.69) is 10.6 Å². The van der Waals surface area contributed by atoms with E-state index in [-0.39, 0.29) is 0 Å². The molecule has 0 radical (unpaired) electrons. The Morgan fingerprint density at radius 3 is 2.18 bits per heavy atom. The van der Waals surface area contributed by atoms with Crippen molar-refractivity contribution in [3.63, 3.8) is 0 Å². The van der Waals surface area contributed by atoms with Gasteiger partial charge >= 0.3 is 0 Å². The van der Waals surface area contributed by atoms with E-state index in [0.29, 0.717) is 16.6 Å². The molecule has 0 aliphatic heterocycles. The number of methoxy groups -OCH3 is 2. The van der Waals surface area contributed by atoms with Crippen molar-refractivity contribution in [1.29, 1.82) is 0 Å². The molecule has 0 spiro atoms. The minimum absolute atomic E-state index is 0.472. The van der Waals surface area contributed by atoms with Gasteiger partial charge in [0.2, 0.25) is 0 Å². The van der Waals surface area contributed by atoms with Gasteiger partial charge in [-0.05, 0) is 48.6 Å². The number of benzene rings is 3. The quantitative estimate of drug-likeness (QED) is 0.446. The molecule has 0 aliphatic rings. The number of halogens is 1. The van der Waals surface area contributed by atoms with Crippen LogP contribution >= 0.6 is 35.6 Å². The van der Waals surface area contributed by atoms with E-state index in [1.807, 2.05) is 60.7 Å². The van der Waals surface area contributed by atoms with Gasteiger partial charge in [0.25, 0.3) is 0 Å². The zero-order chi connectivity index (χ0) is 19.9. The average Bonchev–Trinajstić information content (AvgIpc) is 2.70. The van der Waals surface area contributed by atoms with E-state index < -0.39 is 0 Å². The summed E-state index contributed by atoms with van der Waals surface area (Å²) in [7, 11) is 3.22. The van der Waals surface area contributed by atoms with Gasteiger partial charge < -0.3 is 20.1 Å². The Morgan fingerprint density at radius 1 is 0.893 bits per heavy atom. The maximum absolute atomic E-state index is 5.97. The van der Waals surface area contributed by atoms with E-state index in [1.165, 1.54) is 0 Å². The van der Waals surface area contributed by atoms with Gasteiger partial charge in [-0.2, -0.15) is 0 Å². The number of hydrogen-bond acceptors (Lipinski definition) is 4. The number of para-hydroxylation sites is 1. The molecule has 0 fully saturated rings. The summed E-state index contributed by atoms with van der Waals surface area (Å²) in [6.07, 6.45) is 0. The van der Waals surface area contributed by atoms with Crippen LogP contribution in [0.2, 0.25) is 5.02 Å². The number of rotatable bonds is 6. The highest BCUT2D eigenvalue weighted by Gasteiger charge is 2.08. The van der Waals surface area contributed by atoms with E-state index >= 15 is 0 Å². The van der Waals surface area contributed by atoms with Crippen molar-refractivity contribution >= 4 is 52.1 Å². The third-order valence-electron chi connectivity index (χ3n) is 3.79. The van der Waals surface area contributed by atoms with Gasteiger partial charge in [0.1, 0.15) is 11.5 Å².